The van der Waals surface area contributed by atoms with Crippen molar-refractivity contribution in [2.24, 2.45) is 0 Å². The molecule has 0 radical (unpaired) electrons. The lowest BCUT2D eigenvalue weighted by molar-refractivity contribution is -0.384. The first-order chi connectivity index (χ1) is 9.13. The Hall–Kier alpha value is -2.39. The second-order valence-electron chi connectivity index (χ2n) is 3.73. The quantitative estimate of drug-likeness (QED) is 0.384. The number of nitrogen functional groups attached to an aromatic ring is 1. The highest BCUT2D eigenvalue weighted by Gasteiger charge is 2.28. The lowest BCUT2D eigenvalue weighted by atomic mass is 10.1. The third-order valence-corrected chi connectivity index (χ3v) is 2.29. The highest BCUT2D eigenvalue weighted by Crippen LogP contribution is 2.27. The summed E-state index contributed by atoms with van der Waals surface area (Å²) < 4.78 is 49.1. The lowest BCUT2D eigenvalue weighted by Crippen LogP contribution is -2.29. The van der Waals surface area contributed by atoms with Crippen LogP contribution >= 0.6 is 0 Å². The minimum absolute atomic E-state index is 0.646. The Bertz CT molecular complexity index is 545. The molecule has 0 atom stereocenters. The highest BCUT2D eigenvalue weighted by atomic mass is 19.4. The van der Waals surface area contributed by atoms with Gasteiger partial charge in [-0.3, -0.25) is 14.9 Å². The van der Waals surface area contributed by atoms with E-state index in [1.807, 2.05) is 0 Å². The first-order valence-electron chi connectivity index (χ1n) is 5.21. The Balaban J connectivity index is 2.93. The number of nitro groups is 1. The van der Waals surface area contributed by atoms with Crippen LogP contribution in [-0.2, 0) is 0 Å². The van der Waals surface area contributed by atoms with Crippen molar-refractivity contribution in [2.45, 2.75) is 12.6 Å². The summed E-state index contributed by atoms with van der Waals surface area (Å²) in [5.41, 5.74) is 2.99. The molecule has 0 unspecified atom stereocenters. The molecule has 1 aromatic rings. The number of nitrogens with one attached hydrogen (secondary N) is 1. The number of nitrogens with zero attached hydrogens (tertiary/aromatic N) is 1. The van der Waals surface area contributed by atoms with Crippen LogP contribution in [0.25, 0.3) is 0 Å². The van der Waals surface area contributed by atoms with Gasteiger partial charge in [0, 0.05) is 12.6 Å². The van der Waals surface area contributed by atoms with E-state index in [9.17, 15) is 32.5 Å². The average Bonchev–Trinajstić information content (AvgIpc) is 2.26. The summed E-state index contributed by atoms with van der Waals surface area (Å²) in [4.78, 5) is 21.2. The number of anilines is 1. The normalized spacial score (nSPS) is 11.2. The minimum atomic E-state index is -4.49. The van der Waals surface area contributed by atoms with E-state index in [4.69, 9.17) is 5.73 Å². The fourth-order valence-corrected chi connectivity index (χ4v) is 1.38. The van der Waals surface area contributed by atoms with Crippen molar-refractivity contribution < 1.29 is 27.3 Å². The van der Waals surface area contributed by atoms with Gasteiger partial charge in [-0.05, 0) is 6.07 Å². The molecule has 0 aliphatic carbocycles. The highest BCUT2D eigenvalue weighted by molar-refractivity contribution is 6.01. The number of nitrogens with two attached hydrogens (primary N) is 1. The maximum absolute atomic E-state index is 13.4. The van der Waals surface area contributed by atoms with Crippen molar-refractivity contribution in [3.63, 3.8) is 0 Å². The molecule has 20 heavy (non-hydrogen) atoms. The first kappa shape index (κ1) is 15.7. The van der Waals surface area contributed by atoms with Gasteiger partial charge in [0.25, 0.3) is 11.6 Å². The zero-order chi connectivity index (χ0) is 15.5. The Morgan fingerprint density at radius 1 is 1.40 bits per heavy atom. The number of halogens is 4. The van der Waals surface area contributed by atoms with Crippen molar-refractivity contribution in [2.75, 3.05) is 12.3 Å². The van der Waals surface area contributed by atoms with Gasteiger partial charge in [-0.25, -0.2) is 4.39 Å². The standard InChI is InChI=1S/C10H9F4N3O3/c11-5-1-2-6(17(19)20)8(15)7(5)9(18)16-4-3-10(12,13)14/h1-2H,3-4,15H2,(H,16,18). The third kappa shape index (κ3) is 3.80. The Kier molecular flexibility index (Phi) is 4.48. The molecule has 1 rings (SSSR count). The van der Waals surface area contributed by atoms with Gasteiger partial charge in [-0.1, -0.05) is 0 Å². The van der Waals surface area contributed by atoms with E-state index >= 15 is 0 Å². The van der Waals surface area contributed by atoms with E-state index in [0.717, 1.165) is 6.07 Å². The van der Waals surface area contributed by atoms with Gasteiger partial charge in [0.15, 0.2) is 0 Å². The van der Waals surface area contributed by atoms with E-state index in [2.05, 4.69) is 0 Å². The van der Waals surface area contributed by atoms with Gasteiger partial charge in [0.05, 0.1) is 11.3 Å². The van der Waals surface area contributed by atoms with Crippen molar-refractivity contribution in [3.05, 3.63) is 33.6 Å². The second kappa shape index (κ2) is 5.72. The summed E-state index contributed by atoms with van der Waals surface area (Å²) in [5.74, 6) is -2.40. The molecule has 0 bridgehead atoms. The summed E-state index contributed by atoms with van der Waals surface area (Å²) in [6, 6.07) is 1.41. The van der Waals surface area contributed by atoms with Crippen LogP contribution in [0, 0.1) is 15.9 Å². The monoisotopic (exact) mass is 295 g/mol. The van der Waals surface area contributed by atoms with E-state index < -0.39 is 52.7 Å². The van der Waals surface area contributed by atoms with Crippen molar-refractivity contribution in [3.8, 4) is 0 Å². The molecule has 0 aromatic heterocycles. The minimum Gasteiger partial charge on any atom is -0.392 e. The number of hydrogen-bond acceptors (Lipinski definition) is 4. The predicted octanol–water partition coefficient (Wildman–Crippen LogP) is 2.00. The number of amides is 1. The van der Waals surface area contributed by atoms with Crippen molar-refractivity contribution in [1.29, 1.82) is 0 Å². The molecular formula is C10H9F4N3O3. The molecule has 0 saturated carbocycles. The number of nitro benzene ring substituents is 1. The molecule has 1 aromatic carbocycles. The molecule has 0 fully saturated rings. The first-order valence-corrected chi connectivity index (χ1v) is 5.21. The maximum atomic E-state index is 13.4. The van der Waals surface area contributed by atoms with Crippen molar-refractivity contribution in [1.82, 2.24) is 5.32 Å². The average molecular weight is 295 g/mol. The smallest absolute Gasteiger partial charge is 0.390 e. The molecule has 0 saturated heterocycles. The van der Waals surface area contributed by atoms with Gasteiger partial charge >= 0.3 is 6.18 Å². The van der Waals surface area contributed by atoms with Crippen LogP contribution < -0.4 is 11.1 Å². The van der Waals surface area contributed by atoms with E-state index in [1.54, 1.807) is 5.32 Å². The molecule has 0 heterocycles. The van der Waals surface area contributed by atoms with Crippen LogP contribution in [0.4, 0.5) is 28.9 Å². The molecule has 6 nitrogen and oxygen atoms in total. The number of hydrogen-bond donors (Lipinski definition) is 2. The van der Waals surface area contributed by atoms with Crippen LogP contribution in [0.1, 0.15) is 16.8 Å². The fourth-order valence-electron chi connectivity index (χ4n) is 1.38. The van der Waals surface area contributed by atoms with E-state index in [0.29, 0.717) is 6.07 Å². The summed E-state index contributed by atoms with van der Waals surface area (Å²) in [5, 5.41) is 12.4. The second-order valence-corrected chi connectivity index (χ2v) is 3.73. The fraction of sp³-hybridized carbons (Fsp3) is 0.300. The predicted molar refractivity (Wildman–Crippen MR) is 60.5 cm³/mol. The van der Waals surface area contributed by atoms with Gasteiger partial charge in [-0.15, -0.1) is 0 Å². The Labute approximate surface area is 109 Å². The van der Waals surface area contributed by atoms with Crippen LogP contribution in [-0.4, -0.2) is 23.6 Å². The summed E-state index contributed by atoms with van der Waals surface area (Å²) in [7, 11) is 0. The van der Waals surface area contributed by atoms with Crippen LogP contribution in [0.5, 0.6) is 0 Å². The molecule has 10 heteroatoms. The van der Waals surface area contributed by atoms with Gasteiger partial charge in [0.2, 0.25) is 0 Å². The van der Waals surface area contributed by atoms with Crippen LogP contribution in [0.3, 0.4) is 0 Å². The molecule has 1 amide bonds. The number of benzene rings is 1. The molecular weight excluding hydrogens is 286 g/mol. The van der Waals surface area contributed by atoms with E-state index in [-0.39, 0.29) is 0 Å². The summed E-state index contributed by atoms with van der Waals surface area (Å²) in [6.07, 6.45) is -5.80. The molecule has 0 spiro atoms. The Morgan fingerprint density at radius 3 is 2.50 bits per heavy atom. The van der Waals surface area contributed by atoms with Crippen LogP contribution in [0.2, 0.25) is 0 Å². The maximum Gasteiger partial charge on any atom is 0.390 e. The molecule has 110 valence electrons. The summed E-state index contributed by atoms with van der Waals surface area (Å²) >= 11 is 0. The summed E-state index contributed by atoms with van der Waals surface area (Å²) in [6.45, 7) is -0.788. The van der Waals surface area contributed by atoms with Crippen LogP contribution in [0.15, 0.2) is 12.1 Å². The molecule has 3 N–H and O–H groups in total. The number of rotatable bonds is 4. The number of carbonyl (C=O) groups is 1. The van der Waals surface area contributed by atoms with Gasteiger partial charge in [-0.2, -0.15) is 13.2 Å². The number of alkyl halides is 3. The Morgan fingerprint density at radius 2 is 2.00 bits per heavy atom. The van der Waals surface area contributed by atoms with Gasteiger partial charge < -0.3 is 11.1 Å². The van der Waals surface area contributed by atoms with E-state index in [1.165, 1.54) is 0 Å². The van der Waals surface area contributed by atoms with Gasteiger partial charge in [0.1, 0.15) is 17.1 Å². The molecule has 0 aliphatic rings. The zero-order valence-electron chi connectivity index (χ0n) is 9.83. The SMILES string of the molecule is Nc1c([N+](=O)[O-])ccc(F)c1C(=O)NCCC(F)(F)F. The zero-order valence-corrected chi connectivity index (χ0v) is 9.83. The largest absolute Gasteiger partial charge is 0.392 e. The third-order valence-electron chi connectivity index (χ3n) is 2.29. The number of carbonyl (C=O) groups excluding carboxylic acids is 1. The lowest BCUT2D eigenvalue weighted by Gasteiger charge is -2.10. The topological polar surface area (TPSA) is 98.3 Å². The molecule has 0 aliphatic heterocycles. The van der Waals surface area contributed by atoms with Crippen molar-refractivity contribution >= 4 is 17.3 Å².